The van der Waals surface area contributed by atoms with Crippen LogP contribution in [0.2, 0.25) is 0 Å². The van der Waals surface area contributed by atoms with Crippen molar-refractivity contribution >= 4 is 17.7 Å². The van der Waals surface area contributed by atoms with Crippen molar-refractivity contribution in [1.82, 2.24) is 15.5 Å². The highest BCUT2D eigenvalue weighted by molar-refractivity contribution is 7.97. The lowest BCUT2D eigenvalue weighted by Gasteiger charge is -2.32. The molecular formula is C19H31FN4OS. The van der Waals surface area contributed by atoms with Crippen molar-refractivity contribution in [3.8, 4) is 0 Å². The predicted octanol–water partition coefficient (Wildman–Crippen LogP) is 2.46. The van der Waals surface area contributed by atoms with E-state index in [-0.39, 0.29) is 5.82 Å². The normalized spacial score (nSPS) is 17.2. The zero-order valence-corrected chi connectivity index (χ0v) is 16.9. The molecule has 1 heterocycles. The van der Waals surface area contributed by atoms with E-state index in [1.165, 1.54) is 6.07 Å². The monoisotopic (exact) mass is 382 g/mol. The lowest BCUT2D eigenvalue weighted by molar-refractivity contribution is 0.0211. The molecule has 0 aliphatic carbocycles. The van der Waals surface area contributed by atoms with Crippen LogP contribution in [0.1, 0.15) is 25.0 Å². The van der Waals surface area contributed by atoms with Crippen LogP contribution < -0.4 is 10.6 Å². The minimum Gasteiger partial charge on any atom is -0.379 e. The first-order valence-corrected chi connectivity index (χ1v) is 10.6. The lowest BCUT2D eigenvalue weighted by Crippen LogP contribution is -2.49. The molecule has 146 valence electrons. The van der Waals surface area contributed by atoms with E-state index in [0.29, 0.717) is 12.6 Å². The molecule has 26 heavy (non-hydrogen) atoms. The number of ether oxygens (including phenoxy) is 1. The van der Waals surface area contributed by atoms with Gasteiger partial charge in [-0.1, -0.05) is 6.07 Å². The van der Waals surface area contributed by atoms with Crippen LogP contribution in [0.4, 0.5) is 4.39 Å². The van der Waals surface area contributed by atoms with Gasteiger partial charge in [-0.05, 0) is 43.4 Å². The Morgan fingerprint density at radius 2 is 2.08 bits per heavy atom. The van der Waals surface area contributed by atoms with E-state index >= 15 is 0 Å². The second-order valence-electron chi connectivity index (χ2n) is 6.42. The van der Waals surface area contributed by atoms with Crippen molar-refractivity contribution in [1.29, 1.82) is 0 Å². The number of guanidine groups is 1. The van der Waals surface area contributed by atoms with Gasteiger partial charge in [-0.15, -0.1) is 0 Å². The Morgan fingerprint density at radius 3 is 2.77 bits per heavy atom. The zero-order valence-electron chi connectivity index (χ0n) is 16.1. The largest absolute Gasteiger partial charge is 0.379 e. The van der Waals surface area contributed by atoms with Crippen LogP contribution in [0.25, 0.3) is 0 Å². The van der Waals surface area contributed by atoms with Crippen molar-refractivity contribution in [3.05, 3.63) is 35.1 Å². The van der Waals surface area contributed by atoms with E-state index < -0.39 is 0 Å². The third-order valence-electron chi connectivity index (χ3n) is 4.45. The summed E-state index contributed by atoms with van der Waals surface area (Å²) in [5.74, 6) is 1.40. The number of thioether (sulfide) groups is 1. The highest BCUT2D eigenvalue weighted by atomic mass is 32.2. The third-order valence-corrected chi connectivity index (χ3v) is 5.05. The molecule has 0 radical (unpaired) electrons. The van der Waals surface area contributed by atoms with Crippen molar-refractivity contribution < 1.29 is 9.13 Å². The molecule has 2 N–H and O–H groups in total. The predicted molar refractivity (Wildman–Crippen MR) is 108 cm³/mol. The molecular weight excluding hydrogens is 351 g/mol. The maximum atomic E-state index is 13.5. The van der Waals surface area contributed by atoms with Gasteiger partial charge in [0.25, 0.3) is 0 Å². The summed E-state index contributed by atoms with van der Waals surface area (Å²) in [7, 11) is 0. The summed E-state index contributed by atoms with van der Waals surface area (Å²) in [6.45, 7) is 10.0. The number of halogens is 1. The number of benzene rings is 1. The Hall–Kier alpha value is -1.31. The topological polar surface area (TPSA) is 48.9 Å². The number of aliphatic imine (C=N–C) groups is 1. The average molecular weight is 383 g/mol. The van der Waals surface area contributed by atoms with E-state index in [9.17, 15) is 4.39 Å². The Kier molecular flexibility index (Phi) is 9.22. The van der Waals surface area contributed by atoms with Crippen molar-refractivity contribution in [3.63, 3.8) is 0 Å². The van der Waals surface area contributed by atoms with Crippen molar-refractivity contribution in [2.75, 3.05) is 45.6 Å². The summed E-state index contributed by atoms with van der Waals surface area (Å²) in [4.78, 5) is 7.12. The molecule has 1 aromatic carbocycles. The van der Waals surface area contributed by atoms with E-state index in [4.69, 9.17) is 9.73 Å². The van der Waals surface area contributed by atoms with Gasteiger partial charge >= 0.3 is 0 Å². The first-order chi connectivity index (χ1) is 12.6. The molecule has 1 fully saturated rings. The Morgan fingerprint density at radius 1 is 1.31 bits per heavy atom. The average Bonchev–Trinajstić information content (AvgIpc) is 2.66. The summed E-state index contributed by atoms with van der Waals surface area (Å²) in [6.07, 6.45) is 2.02. The van der Waals surface area contributed by atoms with Crippen LogP contribution in [-0.4, -0.2) is 62.5 Å². The van der Waals surface area contributed by atoms with Crippen molar-refractivity contribution in [2.45, 2.75) is 32.2 Å². The molecule has 1 aromatic rings. The summed E-state index contributed by atoms with van der Waals surface area (Å²) < 4.78 is 18.9. The minimum atomic E-state index is -0.189. The molecule has 1 aliphatic rings. The number of rotatable bonds is 8. The van der Waals surface area contributed by atoms with E-state index in [0.717, 1.165) is 62.2 Å². The van der Waals surface area contributed by atoms with Gasteiger partial charge in [0.05, 0.1) is 19.8 Å². The first-order valence-electron chi connectivity index (χ1n) is 9.24. The molecule has 0 amide bonds. The van der Waals surface area contributed by atoms with Gasteiger partial charge < -0.3 is 15.4 Å². The Labute approximate surface area is 160 Å². The smallest absolute Gasteiger partial charge is 0.191 e. The standard InChI is InChI=1S/C19H31FN4OS/c1-4-21-19(22-12-15(2)24-7-9-25-10-8-24)23-13-16-5-6-18(20)11-17(16)14-26-3/h5-6,11,15H,4,7-10,12-14H2,1-3H3,(H2,21,22,23). The second-order valence-corrected chi connectivity index (χ2v) is 7.29. The maximum absolute atomic E-state index is 13.5. The highest BCUT2D eigenvalue weighted by Gasteiger charge is 2.17. The molecule has 1 atom stereocenters. The number of nitrogens with zero attached hydrogens (tertiary/aromatic N) is 2. The van der Waals surface area contributed by atoms with Gasteiger partial charge in [0, 0.05) is 38.0 Å². The minimum absolute atomic E-state index is 0.189. The molecule has 0 aromatic heterocycles. The van der Waals surface area contributed by atoms with Gasteiger partial charge in [0.1, 0.15) is 5.82 Å². The summed E-state index contributed by atoms with van der Waals surface area (Å²) >= 11 is 1.69. The van der Waals surface area contributed by atoms with Gasteiger partial charge in [0.2, 0.25) is 0 Å². The summed E-state index contributed by atoms with van der Waals surface area (Å²) in [6, 6.07) is 5.38. The number of morpholine rings is 1. The third kappa shape index (κ3) is 6.78. The van der Waals surface area contributed by atoms with Crippen LogP contribution in [-0.2, 0) is 17.0 Å². The Balaban J connectivity index is 1.95. The van der Waals surface area contributed by atoms with E-state index in [2.05, 4.69) is 29.4 Å². The molecule has 1 unspecified atom stereocenters. The molecule has 1 saturated heterocycles. The summed E-state index contributed by atoms with van der Waals surface area (Å²) in [5.41, 5.74) is 2.08. The molecule has 0 saturated carbocycles. The SMILES string of the molecule is CCNC(=NCc1ccc(F)cc1CSC)NCC(C)N1CCOCC1. The van der Waals surface area contributed by atoms with Crippen LogP contribution in [0.3, 0.4) is 0 Å². The van der Waals surface area contributed by atoms with Gasteiger partial charge in [-0.25, -0.2) is 9.38 Å². The summed E-state index contributed by atoms with van der Waals surface area (Å²) in [5, 5.41) is 6.72. The maximum Gasteiger partial charge on any atom is 0.191 e. The molecule has 0 spiro atoms. The number of hydrogen-bond acceptors (Lipinski definition) is 4. The molecule has 0 bridgehead atoms. The molecule has 1 aliphatic heterocycles. The van der Waals surface area contributed by atoms with E-state index in [1.807, 2.05) is 12.3 Å². The molecule has 7 heteroatoms. The quantitative estimate of drug-likeness (QED) is 0.534. The van der Waals surface area contributed by atoms with Crippen LogP contribution >= 0.6 is 11.8 Å². The fourth-order valence-electron chi connectivity index (χ4n) is 2.94. The van der Waals surface area contributed by atoms with Gasteiger partial charge in [0.15, 0.2) is 5.96 Å². The second kappa shape index (κ2) is 11.4. The van der Waals surface area contributed by atoms with Crippen molar-refractivity contribution in [2.24, 2.45) is 4.99 Å². The number of nitrogens with one attached hydrogen (secondary N) is 2. The van der Waals surface area contributed by atoms with Crippen LogP contribution in [0, 0.1) is 5.82 Å². The Bertz CT molecular complexity index is 579. The lowest BCUT2D eigenvalue weighted by atomic mass is 10.1. The fourth-order valence-corrected chi connectivity index (χ4v) is 3.52. The number of hydrogen-bond donors (Lipinski definition) is 2. The molecule has 5 nitrogen and oxygen atoms in total. The van der Waals surface area contributed by atoms with Gasteiger partial charge in [-0.2, -0.15) is 11.8 Å². The fraction of sp³-hybridized carbons (Fsp3) is 0.632. The molecule has 2 rings (SSSR count). The van der Waals surface area contributed by atoms with Crippen LogP contribution in [0.15, 0.2) is 23.2 Å². The van der Waals surface area contributed by atoms with E-state index in [1.54, 1.807) is 17.8 Å². The first kappa shape index (κ1) is 21.0. The van der Waals surface area contributed by atoms with Gasteiger partial charge in [-0.3, -0.25) is 4.90 Å². The van der Waals surface area contributed by atoms with Crippen LogP contribution in [0.5, 0.6) is 0 Å². The zero-order chi connectivity index (χ0) is 18.8. The highest BCUT2D eigenvalue weighted by Crippen LogP contribution is 2.17.